The van der Waals surface area contributed by atoms with E-state index in [0.29, 0.717) is 12.8 Å². The third kappa shape index (κ3) is 3.47. The predicted molar refractivity (Wildman–Crippen MR) is 74.0 cm³/mol. The Labute approximate surface area is 118 Å². The van der Waals surface area contributed by atoms with Gasteiger partial charge >= 0.3 is 0 Å². The lowest BCUT2D eigenvalue weighted by atomic mass is 9.85. The highest BCUT2D eigenvalue weighted by Gasteiger charge is 2.31. The Balaban J connectivity index is 2.13. The molecule has 0 saturated heterocycles. The highest BCUT2D eigenvalue weighted by atomic mass is 32.2. The van der Waals surface area contributed by atoms with Crippen LogP contribution >= 0.6 is 0 Å². The molecule has 1 fully saturated rings. The number of nitrogen functional groups attached to an aromatic ring is 1. The summed E-state index contributed by atoms with van der Waals surface area (Å²) < 4.78 is 40.0. The first-order valence-electron chi connectivity index (χ1n) is 6.60. The normalized spacial score (nSPS) is 18.9. The molecule has 0 amide bonds. The minimum atomic E-state index is -4.02. The van der Waals surface area contributed by atoms with Gasteiger partial charge in [-0.1, -0.05) is 19.3 Å². The Morgan fingerprint density at radius 3 is 2.60 bits per heavy atom. The topological polar surface area (TPSA) is 92.4 Å². The highest BCUT2D eigenvalue weighted by molar-refractivity contribution is 7.89. The van der Waals surface area contributed by atoms with Gasteiger partial charge in [-0.25, -0.2) is 17.5 Å². The molecule has 1 aromatic rings. The van der Waals surface area contributed by atoms with Gasteiger partial charge in [0.1, 0.15) is 10.7 Å². The second-order valence-corrected chi connectivity index (χ2v) is 7.03. The SMILES string of the molecule is Nc1ccc(F)c(S(=O)(=O)NCC2(O)CCCCC2)c1. The van der Waals surface area contributed by atoms with Crippen molar-refractivity contribution in [1.29, 1.82) is 0 Å². The van der Waals surface area contributed by atoms with E-state index in [-0.39, 0.29) is 12.2 Å². The first-order chi connectivity index (χ1) is 9.32. The van der Waals surface area contributed by atoms with Gasteiger partial charge in [0.05, 0.1) is 5.60 Å². The molecule has 20 heavy (non-hydrogen) atoms. The number of hydrogen-bond donors (Lipinski definition) is 3. The second kappa shape index (κ2) is 5.67. The van der Waals surface area contributed by atoms with Crippen LogP contribution in [0.15, 0.2) is 23.1 Å². The molecule has 0 unspecified atom stereocenters. The highest BCUT2D eigenvalue weighted by Crippen LogP contribution is 2.28. The Bertz CT molecular complexity index is 583. The van der Waals surface area contributed by atoms with E-state index < -0.39 is 26.3 Å². The van der Waals surface area contributed by atoms with E-state index in [1.807, 2.05) is 0 Å². The number of hydrogen-bond acceptors (Lipinski definition) is 4. The molecule has 112 valence electrons. The summed E-state index contributed by atoms with van der Waals surface area (Å²) >= 11 is 0. The van der Waals surface area contributed by atoms with Crippen molar-refractivity contribution in [3.05, 3.63) is 24.0 Å². The summed E-state index contributed by atoms with van der Waals surface area (Å²) in [6.45, 7) is -0.108. The van der Waals surface area contributed by atoms with Gasteiger partial charge in [0.25, 0.3) is 0 Å². The molecule has 1 aliphatic carbocycles. The lowest BCUT2D eigenvalue weighted by Gasteiger charge is -2.32. The van der Waals surface area contributed by atoms with E-state index in [0.717, 1.165) is 31.4 Å². The number of nitrogens with one attached hydrogen (secondary N) is 1. The van der Waals surface area contributed by atoms with E-state index in [4.69, 9.17) is 5.73 Å². The van der Waals surface area contributed by atoms with Gasteiger partial charge in [0, 0.05) is 12.2 Å². The Hall–Kier alpha value is -1.18. The van der Waals surface area contributed by atoms with Crippen LogP contribution in [0.5, 0.6) is 0 Å². The first kappa shape index (κ1) is 15.2. The minimum absolute atomic E-state index is 0.108. The van der Waals surface area contributed by atoms with Crippen LogP contribution in [0.2, 0.25) is 0 Å². The van der Waals surface area contributed by atoms with Crippen LogP contribution in [-0.4, -0.2) is 25.7 Å². The quantitative estimate of drug-likeness (QED) is 0.733. The van der Waals surface area contributed by atoms with Crippen LogP contribution in [0.25, 0.3) is 0 Å². The van der Waals surface area contributed by atoms with Gasteiger partial charge in [-0.3, -0.25) is 0 Å². The fourth-order valence-electron chi connectivity index (χ4n) is 2.42. The third-order valence-electron chi connectivity index (χ3n) is 3.62. The number of benzene rings is 1. The smallest absolute Gasteiger partial charge is 0.243 e. The van der Waals surface area contributed by atoms with Crippen molar-refractivity contribution >= 4 is 15.7 Å². The summed E-state index contributed by atoms with van der Waals surface area (Å²) in [6.07, 6.45) is 3.87. The maximum Gasteiger partial charge on any atom is 0.243 e. The Morgan fingerprint density at radius 2 is 1.95 bits per heavy atom. The predicted octanol–water partition coefficient (Wildman–Crippen LogP) is 1.38. The molecule has 1 aromatic carbocycles. The van der Waals surface area contributed by atoms with E-state index in [1.165, 1.54) is 6.07 Å². The van der Waals surface area contributed by atoms with Crippen LogP contribution in [0.3, 0.4) is 0 Å². The Kier molecular flexibility index (Phi) is 4.31. The molecule has 2 rings (SSSR count). The van der Waals surface area contributed by atoms with Crippen molar-refractivity contribution in [3.63, 3.8) is 0 Å². The molecule has 0 aromatic heterocycles. The van der Waals surface area contributed by atoms with Crippen molar-refractivity contribution in [2.45, 2.75) is 42.6 Å². The van der Waals surface area contributed by atoms with Crippen molar-refractivity contribution in [3.8, 4) is 0 Å². The molecule has 0 heterocycles. The molecular formula is C13H19FN2O3S. The van der Waals surface area contributed by atoms with Crippen molar-refractivity contribution in [2.24, 2.45) is 0 Å². The third-order valence-corrected chi connectivity index (χ3v) is 5.04. The van der Waals surface area contributed by atoms with Crippen LogP contribution in [0, 0.1) is 5.82 Å². The molecule has 0 bridgehead atoms. The van der Waals surface area contributed by atoms with Crippen molar-refractivity contribution in [2.75, 3.05) is 12.3 Å². The summed E-state index contributed by atoms with van der Waals surface area (Å²) in [5.41, 5.74) is 4.61. The van der Waals surface area contributed by atoms with Gasteiger partial charge in [-0.05, 0) is 31.0 Å². The number of rotatable bonds is 4. The maximum absolute atomic E-state index is 13.6. The molecule has 0 atom stereocenters. The van der Waals surface area contributed by atoms with Gasteiger partial charge in [0.15, 0.2) is 0 Å². The molecular weight excluding hydrogens is 283 g/mol. The molecule has 1 saturated carbocycles. The van der Waals surface area contributed by atoms with E-state index in [2.05, 4.69) is 4.72 Å². The molecule has 7 heteroatoms. The zero-order valence-electron chi connectivity index (χ0n) is 11.1. The number of aliphatic hydroxyl groups is 1. The molecule has 0 aliphatic heterocycles. The summed E-state index contributed by atoms with van der Waals surface area (Å²) in [5, 5.41) is 10.3. The largest absolute Gasteiger partial charge is 0.399 e. The molecule has 5 nitrogen and oxygen atoms in total. The first-order valence-corrected chi connectivity index (χ1v) is 8.08. The number of nitrogens with two attached hydrogens (primary N) is 1. The standard InChI is InChI=1S/C13H19FN2O3S/c14-11-5-4-10(15)8-12(11)20(18,19)16-9-13(17)6-2-1-3-7-13/h4-5,8,16-17H,1-3,6-7,9,15H2. The number of halogens is 1. The molecule has 0 radical (unpaired) electrons. The lowest BCUT2D eigenvalue weighted by molar-refractivity contribution is 0.00944. The number of anilines is 1. The van der Waals surface area contributed by atoms with E-state index in [1.54, 1.807) is 0 Å². The van der Waals surface area contributed by atoms with Crippen LogP contribution in [0.1, 0.15) is 32.1 Å². The molecule has 4 N–H and O–H groups in total. The van der Waals surface area contributed by atoms with Gasteiger partial charge in [-0.15, -0.1) is 0 Å². The van der Waals surface area contributed by atoms with Crippen molar-refractivity contribution < 1.29 is 17.9 Å². The fraction of sp³-hybridized carbons (Fsp3) is 0.538. The van der Waals surface area contributed by atoms with E-state index >= 15 is 0 Å². The average molecular weight is 302 g/mol. The van der Waals surface area contributed by atoms with Gasteiger partial charge in [0.2, 0.25) is 10.0 Å². The van der Waals surface area contributed by atoms with Crippen LogP contribution in [0.4, 0.5) is 10.1 Å². The van der Waals surface area contributed by atoms with Gasteiger partial charge in [-0.2, -0.15) is 0 Å². The monoisotopic (exact) mass is 302 g/mol. The summed E-state index contributed by atoms with van der Waals surface area (Å²) in [7, 11) is -4.02. The Morgan fingerprint density at radius 1 is 1.30 bits per heavy atom. The minimum Gasteiger partial charge on any atom is -0.399 e. The zero-order valence-corrected chi connectivity index (χ0v) is 11.9. The fourth-order valence-corrected chi connectivity index (χ4v) is 3.65. The van der Waals surface area contributed by atoms with Gasteiger partial charge < -0.3 is 10.8 Å². The molecule has 1 aliphatic rings. The summed E-state index contributed by atoms with van der Waals surface area (Å²) in [6, 6.07) is 3.38. The average Bonchev–Trinajstić information content (AvgIpc) is 2.40. The lowest BCUT2D eigenvalue weighted by Crippen LogP contribution is -2.44. The van der Waals surface area contributed by atoms with Crippen molar-refractivity contribution in [1.82, 2.24) is 4.72 Å². The molecule has 0 spiro atoms. The summed E-state index contributed by atoms with van der Waals surface area (Å²) in [5.74, 6) is -0.859. The van der Waals surface area contributed by atoms with Crippen LogP contribution in [-0.2, 0) is 10.0 Å². The summed E-state index contributed by atoms with van der Waals surface area (Å²) in [4.78, 5) is -0.489. The van der Waals surface area contributed by atoms with E-state index in [9.17, 15) is 17.9 Å². The van der Waals surface area contributed by atoms with Crippen LogP contribution < -0.4 is 10.5 Å². The second-order valence-electron chi connectivity index (χ2n) is 5.30. The number of sulfonamides is 1. The zero-order chi connectivity index (χ0) is 14.8. The maximum atomic E-state index is 13.6.